The van der Waals surface area contributed by atoms with Crippen molar-refractivity contribution < 1.29 is 9.47 Å². The van der Waals surface area contributed by atoms with Gasteiger partial charge in [0, 0.05) is 16.2 Å². The highest BCUT2D eigenvalue weighted by molar-refractivity contribution is 9.10. The summed E-state index contributed by atoms with van der Waals surface area (Å²) in [6.45, 7) is 3.07. The number of halogens is 1. The molecule has 0 fully saturated rings. The molecule has 2 aromatic rings. The highest BCUT2D eigenvalue weighted by Gasteiger charge is 2.01. The molecule has 0 spiro atoms. The molecule has 0 atom stereocenters. The Morgan fingerprint density at radius 2 is 1.79 bits per heavy atom. The van der Waals surface area contributed by atoms with Crippen LogP contribution in [-0.4, -0.2) is 6.61 Å². The molecule has 0 amide bonds. The molecule has 2 rings (SSSR count). The van der Waals surface area contributed by atoms with Crippen molar-refractivity contribution in [3.63, 3.8) is 0 Å². The zero-order valence-electron chi connectivity index (χ0n) is 10.7. The predicted octanol–water partition coefficient (Wildman–Crippen LogP) is 4.01. The average Bonchev–Trinajstić information content (AvgIpc) is 2.36. The van der Waals surface area contributed by atoms with Crippen LogP contribution in [0.1, 0.15) is 12.5 Å². The topological polar surface area (TPSA) is 44.5 Å². The fraction of sp³-hybridized carbons (Fsp3) is 0.200. The lowest BCUT2D eigenvalue weighted by atomic mass is 10.2. The molecule has 0 bridgehead atoms. The summed E-state index contributed by atoms with van der Waals surface area (Å²) in [5.41, 5.74) is 7.53. The minimum Gasteiger partial charge on any atom is -0.494 e. The summed E-state index contributed by atoms with van der Waals surface area (Å²) in [5.74, 6) is 1.60. The molecule has 0 saturated carbocycles. The van der Waals surface area contributed by atoms with E-state index in [2.05, 4.69) is 15.9 Å². The summed E-state index contributed by atoms with van der Waals surface area (Å²) in [7, 11) is 0. The zero-order chi connectivity index (χ0) is 13.7. The Hall–Kier alpha value is -1.68. The number of nitrogen functional groups attached to an aromatic ring is 1. The van der Waals surface area contributed by atoms with Crippen LogP contribution in [0.5, 0.6) is 11.5 Å². The monoisotopic (exact) mass is 321 g/mol. The van der Waals surface area contributed by atoms with Crippen LogP contribution in [0.4, 0.5) is 5.69 Å². The predicted molar refractivity (Wildman–Crippen MR) is 80.5 cm³/mol. The first kappa shape index (κ1) is 13.7. The van der Waals surface area contributed by atoms with E-state index in [9.17, 15) is 0 Å². The van der Waals surface area contributed by atoms with E-state index in [-0.39, 0.29) is 0 Å². The van der Waals surface area contributed by atoms with Crippen molar-refractivity contribution in [2.75, 3.05) is 12.3 Å². The van der Waals surface area contributed by atoms with Gasteiger partial charge in [-0.1, -0.05) is 22.0 Å². The van der Waals surface area contributed by atoms with E-state index < -0.39 is 0 Å². The Kier molecular flexibility index (Phi) is 4.68. The summed E-state index contributed by atoms with van der Waals surface area (Å²) in [6, 6.07) is 13.4. The molecule has 0 saturated heterocycles. The fourth-order valence-electron chi connectivity index (χ4n) is 1.75. The van der Waals surface area contributed by atoms with Gasteiger partial charge in [-0.2, -0.15) is 0 Å². The molecular formula is C15H16BrNO2. The minimum absolute atomic E-state index is 0.471. The van der Waals surface area contributed by atoms with Crippen LogP contribution < -0.4 is 15.2 Å². The number of ether oxygens (including phenoxy) is 2. The zero-order valence-corrected chi connectivity index (χ0v) is 12.3. The standard InChI is InChI=1S/C15H16BrNO2/c1-2-18-14-4-3-5-15(9-14)19-10-11-6-12(16)8-13(17)7-11/h3-9H,2,10,17H2,1H3. The lowest BCUT2D eigenvalue weighted by molar-refractivity contribution is 0.299. The first-order chi connectivity index (χ1) is 9.17. The Balaban J connectivity index is 2.03. The van der Waals surface area contributed by atoms with Crippen LogP contribution in [0.3, 0.4) is 0 Å². The molecule has 2 N–H and O–H groups in total. The van der Waals surface area contributed by atoms with E-state index in [1.54, 1.807) is 0 Å². The summed E-state index contributed by atoms with van der Waals surface area (Å²) < 4.78 is 12.1. The smallest absolute Gasteiger partial charge is 0.123 e. The number of anilines is 1. The second kappa shape index (κ2) is 6.48. The van der Waals surface area contributed by atoms with Crippen molar-refractivity contribution in [1.29, 1.82) is 0 Å². The van der Waals surface area contributed by atoms with Gasteiger partial charge in [-0.25, -0.2) is 0 Å². The molecule has 4 heteroatoms. The number of nitrogens with two attached hydrogens (primary N) is 1. The molecule has 0 aromatic heterocycles. The third-order valence-electron chi connectivity index (χ3n) is 2.50. The number of hydrogen-bond donors (Lipinski definition) is 1. The van der Waals surface area contributed by atoms with Crippen molar-refractivity contribution in [1.82, 2.24) is 0 Å². The lowest BCUT2D eigenvalue weighted by Crippen LogP contribution is -1.98. The van der Waals surface area contributed by atoms with Gasteiger partial charge in [0.05, 0.1) is 6.61 Å². The molecule has 0 aliphatic carbocycles. The van der Waals surface area contributed by atoms with Crippen LogP contribution >= 0.6 is 15.9 Å². The summed E-state index contributed by atoms with van der Waals surface area (Å²) >= 11 is 3.42. The molecule has 0 heterocycles. The third kappa shape index (κ3) is 4.17. The summed E-state index contributed by atoms with van der Waals surface area (Å²) in [4.78, 5) is 0. The highest BCUT2D eigenvalue weighted by Crippen LogP contribution is 2.22. The lowest BCUT2D eigenvalue weighted by Gasteiger charge is -2.09. The SMILES string of the molecule is CCOc1cccc(OCc2cc(N)cc(Br)c2)c1. The first-order valence-corrected chi connectivity index (χ1v) is 6.87. The highest BCUT2D eigenvalue weighted by atomic mass is 79.9. The first-order valence-electron chi connectivity index (χ1n) is 6.08. The maximum absolute atomic E-state index is 5.79. The van der Waals surface area contributed by atoms with E-state index in [4.69, 9.17) is 15.2 Å². The van der Waals surface area contributed by atoms with Gasteiger partial charge in [0.25, 0.3) is 0 Å². The number of benzene rings is 2. The van der Waals surface area contributed by atoms with Crippen LogP contribution in [0.2, 0.25) is 0 Å². The molecule has 3 nitrogen and oxygen atoms in total. The second-order valence-corrected chi connectivity index (χ2v) is 5.01. The van der Waals surface area contributed by atoms with Gasteiger partial charge < -0.3 is 15.2 Å². The van der Waals surface area contributed by atoms with Gasteiger partial charge in [-0.15, -0.1) is 0 Å². The Morgan fingerprint density at radius 3 is 2.47 bits per heavy atom. The Bertz CT molecular complexity index is 537. The van der Waals surface area contributed by atoms with Gasteiger partial charge in [-0.3, -0.25) is 0 Å². The Morgan fingerprint density at radius 1 is 1.05 bits per heavy atom. The van der Waals surface area contributed by atoms with Crippen molar-refractivity contribution in [3.05, 3.63) is 52.5 Å². The molecule has 0 aliphatic heterocycles. The van der Waals surface area contributed by atoms with Crippen LogP contribution in [0.25, 0.3) is 0 Å². The Labute approximate surface area is 121 Å². The molecule has 100 valence electrons. The molecule has 0 radical (unpaired) electrons. The van der Waals surface area contributed by atoms with Crippen molar-refractivity contribution >= 4 is 21.6 Å². The van der Waals surface area contributed by atoms with Crippen molar-refractivity contribution in [2.45, 2.75) is 13.5 Å². The average molecular weight is 322 g/mol. The molecule has 0 aliphatic rings. The van der Waals surface area contributed by atoms with E-state index in [0.29, 0.717) is 13.2 Å². The largest absolute Gasteiger partial charge is 0.494 e. The van der Waals surface area contributed by atoms with E-state index in [1.165, 1.54) is 0 Å². The summed E-state index contributed by atoms with van der Waals surface area (Å²) in [6.07, 6.45) is 0. The molecule has 19 heavy (non-hydrogen) atoms. The molecular weight excluding hydrogens is 306 g/mol. The quantitative estimate of drug-likeness (QED) is 0.846. The van der Waals surface area contributed by atoms with Crippen LogP contribution in [-0.2, 0) is 6.61 Å². The van der Waals surface area contributed by atoms with Gasteiger partial charge >= 0.3 is 0 Å². The van der Waals surface area contributed by atoms with Crippen molar-refractivity contribution in [3.8, 4) is 11.5 Å². The van der Waals surface area contributed by atoms with Crippen molar-refractivity contribution in [2.24, 2.45) is 0 Å². The number of hydrogen-bond acceptors (Lipinski definition) is 3. The van der Waals surface area contributed by atoms with E-state index >= 15 is 0 Å². The van der Waals surface area contributed by atoms with Crippen LogP contribution in [0, 0.1) is 0 Å². The van der Waals surface area contributed by atoms with Gasteiger partial charge in [0.15, 0.2) is 0 Å². The van der Waals surface area contributed by atoms with E-state index in [0.717, 1.165) is 27.2 Å². The normalized spacial score (nSPS) is 10.2. The maximum atomic E-state index is 5.79. The minimum atomic E-state index is 0.471. The third-order valence-corrected chi connectivity index (χ3v) is 2.96. The fourth-order valence-corrected chi connectivity index (χ4v) is 2.30. The molecule has 0 unspecified atom stereocenters. The van der Waals surface area contributed by atoms with Crippen LogP contribution in [0.15, 0.2) is 46.9 Å². The van der Waals surface area contributed by atoms with Gasteiger partial charge in [-0.05, 0) is 42.8 Å². The number of rotatable bonds is 5. The second-order valence-electron chi connectivity index (χ2n) is 4.09. The van der Waals surface area contributed by atoms with Gasteiger partial charge in [0.2, 0.25) is 0 Å². The summed E-state index contributed by atoms with van der Waals surface area (Å²) in [5, 5.41) is 0. The van der Waals surface area contributed by atoms with Gasteiger partial charge in [0.1, 0.15) is 18.1 Å². The maximum Gasteiger partial charge on any atom is 0.123 e. The molecule has 2 aromatic carbocycles. The van der Waals surface area contributed by atoms with E-state index in [1.807, 2.05) is 49.4 Å².